The smallest absolute Gasteiger partial charge is 0.339 e. The Balaban J connectivity index is 1.73. The fraction of sp³-hybridized carbons (Fsp3) is 0.250. The molecule has 0 saturated carbocycles. The van der Waals surface area contributed by atoms with Crippen molar-refractivity contribution >= 4 is 29.2 Å². The van der Waals surface area contributed by atoms with E-state index in [0.29, 0.717) is 12.2 Å². The van der Waals surface area contributed by atoms with Gasteiger partial charge in [-0.05, 0) is 31.2 Å². The molecule has 1 aliphatic heterocycles. The lowest BCUT2D eigenvalue weighted by Crippen LogP contribution is -2.28. The van der Waals surface area contributed by atoms with Crippen LogP contribution in [-0.2, 0) is 14.3 Å². The molecule has 1 N–H and O–H groups in total. The summed E-state index contributed by atoms with van der Waals surface area (Å²) in [5.41, 5.74) is 2.55. The maximum Gasteiger partial charge on any atom is 0.339 e. The van der Waals surface area contributed by atoms with Gasteiger partial charge in [0.15, 0.2) is 0 Å². The molecular formula is C20H20N2O4. The van der Waals surface area contributed by atoms with Crippen molar-refractivity contribution in [3.8, 4) is 0 Å². The van der Waals surface area contributed by atoms with Crippen molar-refractivity contribution in [2.75, 3.05) is 23.9 Å². The first kappa shape index (κ1) is 17.7. The number of amides is 2. The number of rotatable bonds is 4. The predicted octanol–water partition coefficient (Wildman–Crippen LogP) is 2.77. The predicted molar refractivity (Wildman–Crippen MR) is 98.1 cm³/mol. The highest BCUT2D eigenvalue weighted by atomic mass is 16.5. The fourth-order valence-corrected chi connectivity index (χ4v) is 2.97. The number of para-hydroxylation sites is 1. The normalized spacial score (nSPS) is 16.5. The van der Waals surface area contributed by atoms with Gasteiger partial charge in [-0.1, -0.05) is 29.8 Å². The van der Waals surface area contributed by atoms with Crippen LogP contribution in [0.5, 0.6) is 0 Å². The van der Waals surface area contributed by atoms with E-state index in [2.05, 4.69) is 5.32 Å². The summed E-state index contributed by atoms with van der Waals surface area (Å²) in [6.07, 6.45) is 0.139. The summed E-state index contributed by atoms with van der Waals surface area (Å²) in [5.74, 6) is -1.38. The number of carbonyl (C=O) groups is 3. The zero-order chi connectivity index (χ0) is 18.7. The molecule has 1 atom stereocenters. The number of methoxy groups -OCH3 is 1. The van der Waals surface area contributed by atoms with Gasteiger partial charge in [0.25, 0.3) is 0 Å². The second kappa shape index (κ2) is 7.39. The molecule has 2 aromatic carbocycles. The highest BCUT2D eigenvalue weighted by molar-refractivity contribution is 6.06. The summed E-state index contributed by atoms with van der Waals surface area (Å²) in [6, 6.07) is 14.3. The molecule has 0 aromatic heterocycles. The number of ether oxygens (including phenoxy) is 1. The van der Waals surface area contributed by atoms with E-state index in [1.54, 1.807) is 29.2 Å². The first-order chi connectivity index (χ1) is 12.5. The highest BCUT2D eigenvalue weighted by Gasteiger charge is 2.35. The van der Waals surface area contributed by atoms with Crippen LogP contribution in [0.25, 0.3) is 0 Å². The number of esters is 1. The van der Waals surface area contributed by atoms with Gasteiger partial charge < -0.3 is 15.0 Å². The van der Waals surface area contributed by atoms with Gasteiger partial charge in [0.1, 0.15) is 0 Å². The van der Waals surface area contributed by atoms with E-state index in [1.165, 1.54) is 7.11 Å². The van der Waals surface area contributed by atoms with Crippen molar-refractivity contribution in [3.63, 3.8) is 0 Å². The molecular weight excluding hydrogens is 332 g/mol. The topological polar surface area (TPSA) is 75.7 Å². The van der Waals surface area contributed by atoms with Crippen molar-refractivity contribution in [2.45, 2.75) is 13.3 Å². The van der Waals surface area contributed by atoms with Gasteiger partial charge in [0.05, 0.1) is 24.3 Å². The van der Waals surface area contributed by atoms with Crippen molar-refractivity contribution in [3.05, 3.63) is 59.7 Å². The number of carbonyl (C=O) groups excluding carboxylic acids is 3. The Kier molecular flexibility index (Phi) is 5.02. The minimum atomic E-state index is -0.523. The molecule has 2 aromatic rings. The summed E-state index contributed by atoms with van der Waals surface area (Å²) in [4.78, 5) is 38.4. The van der Waals surface area contributed by atoms with Crippen molar-refractivity contribution in [1.29, 1.82) is 0 Å². The average molecular weight is 352 g/mol. The quantitative estimate of drug-likeness (QED) is 0.859. The second-order valence-electron chi connectivity index (χ2n) is 6.27. The molecule has 3 rings (SSSR count). The number of nitrogens with zero attached hydrogens (tertiary/aromatic N) is 1. The van der Waals surface area contributed by atoms with Gasteiger partial charge >= 0.3 is 5.97 Å². The largest absolute Gasteiger partial charge is 0.465 e. The van der Waals surface area contributed by atoms with Gasteiger partial charge in [0, 0.05) is 18.7 Å². The zero-order valence-electron chi connectivity index (χ0n) is 14.7. The number of nitrogens with one attached hydrogen (secondary N) is 1. The van der Waals surface area contributed by atoms with E-state index < -0.39 is 11.9 Å². The lowest BCUT2D eigenvalue weighted by molar-refractivity contribution is -0.122. The Morgan fingerprint density at radius 3 is 2.50 bits per heavy atom. The SMILES string of the molecule is COC(=O)c1ccccc1NC(=O)C1CC(=O)N(c2ccc(C)cc2)C1. The highest BCUT2D eigenvalue weighted by Crippen LogP contribution is 2.27. The van der Waals surface area contributed by atoms with E-state index in [0.717, 1.165) is 11.3 Å². The Morgan fingerprint density at radius 2 is 1.81 bits per heavy atom. The molecule has 1 saturated heterocycles. The molecule has 0 radical (unpaired) electrons. The van der Waals surface area contributed by atoms with Gasteiger partial charge in [-0.3, -0.25) is 9.59 Å². The van der Waals surface area contributed by atoms with Gasteiger partial charge in [0.2, 0.25) is 11.8 Å². The molecule has 1 aliphatic rings. The van der Waals surface area contributed by atoms with Crippen LogP contribution in [0.4, 0.5) is 11.4 Å². The van der Waals surface area contributed by atoms with Crippen LogP contribution in [0.15, 0.2) is 48.5 Å². The van der Waals surface area contributed by atoms with E-state index in [-0.39, 0.29) is 23.8 Å². The summed E-state index contributed by atoms with van der Waals surface area (Å²) in [5, 5.41) is 2.75. The second-order valence-corrected chi connectivity index (χ2v) is 6.27. The minimum absolute atomic E-state index is 0.0877. The third-order valence-electron chi connectivity index (χ3n) is 4.43. The van der Waals surface area contributed by atoms with E-state index in [1.807, 2.05) is 31.2 Å². The average Bonchev–Trinajstić information content (AvgIpc) is 3.04. The van der Waals surface area contributed by atoms with Crippen LogP contribution >= 0.6 is 0 Å². The number of anilines is 2. The summed E-state index contributed by atoms with van der Waals surface area (Å²) in [6.45, 7) is 2.29. The molecule has 6 nitrogen and oxygen atoms in total. The molecule has 2 amide bonds. The molecule has 0 spiro atoms. The van der Waals surface area contributed by atoms with Gasteiger partial charge in [-0.15, -0.1) is 0 Å². The van der Waals surface area contributed by atoms with Crippen LogP contribution in [0.2, 0.25) is 0 Å². The van der Waals surface area contributed by atoms with E-state index >= 15 is 0 Å². The first-order valence-electron chi connectivity index (χ1n) is 8.35. The molecule has 1 heterocycles. The van der Waals surface area contributed by atoms with E-state index in [9.17, 15) is 14.4 Å². The first-order valence-corrected chi connectivity index (χ1v) is 8.35. The zero-order valence-corrected chi connectivity index (χ0v) is 14.7. The molecule has 1 fully saturated rings. The van der Waals surface area contributed by atoms with Crippen molar-refractivity contribution < 1.29 is 19.1 Å². The Labute approximate surface area is 151 Å². The lowest BCUT2D eigenvalue weighted by atomic mass is 10.1. The maximum absolute atomic E-state index is 12.6. The Hall–Kier alpha value is -3.15. The van der Waals surface area contributed by atoms with Crippen LogP contribution < -0.4 is 10.2 Å². The van der Waals surface area contributed by atoms with Crippen LogP contribution in [0.1, 0.15) is 22.3 Å². The van der Waals surface area contributed by atoms with Crippen molar-refractivity contribution in [2.24, 2.45) is 5.92 Å². The lowest BCUT2D eigenvalue weighted by Gasteiger charge is -2.17. The molecule has 134 valence electrons. The standard InChI is InChI=1S/C20H20N2O4/c1-13-7-9-15(10-8-13)22-12-14(11-18(22)23)19(24)21-17-6-4-3-5-16(17)20(25)26-2/h3-10,14H,11-12H2,1-2H3,(H,21,24). The molecule has 0 aliphatic carbocycles. The molecule has 26 heavy (non-hydrogen) atoms. The third-order valence-corrected chi connectivity index (χ3v) is 4.43. The fourth-order valence-electron chi connectivity index (χ4n) is 2.97. The number of aryl methyl sites for hydroxylation is 1. The van der Waals surface area contributed by atoms with Crippen LogP contribution in [0.3, 0.4) is 0 Å². The Bertz CT molecular complexity index is 845. The Morgan fingerprint density at radius 1 is 1.12 bits per heavy atom. The van der Waals surface area contributed by atoms with Crippen LogP contribution in [-0.4, -0.2) is 31.4 Å². The summed E-state index contributed by atoms with van der Waals surface area (Å²) in [7, 11) is 1.29. The maximum atomic E-state index is 12.6. The van der Waals surface area contributed by atoms with E-state index in [4.69, 9.17) is 4.74 Å². The molecule has 0 bridgehead atoms. The minimum Gasteiger partial charge on any atom is -0.465 e. The third kappa shape index (κ3) is 3.59. The summed E-state index contributed by atoms with van der Waals surface area (Å²) >= 11 is 0. The number of hydrogen-bond acceptors (Lipinski definition) is 4. The van der Waals surface area contributed by atoms with Crippen LogP contribution in [0, 0.1) is 12.8 Å². The number of hydrogen-bond donors (Lipinski definition) is 1. The van der Waals surface area contributed by atoms with Crippen molar-refractivity contribution in [1.82, 2.24) is 0 Å². The number of benzene rings is 2. The monoisotopic (exact) mass is 352 g/mol. The molecule has 1 unspecified atom stereocenters. The summed E-state index contributed by atoms with van der Waals surface area (Å²) < 4.78 is 4.73. The molecule has 6 heteroatoms. The van der Waals surface area contributed by atoms with Gasteiger partial charge in [-0.25, -0.2) is 4.79 Å². The van der Waals surface area contributed by atoms with Gasteiger partial charge in [-0.2, -0.15) is 0 Å².